The normalized spacial score (nSPS) is 27.2. The fraction of sp³-hybridized carbons (Fsp3) is 0.583. The van der Waals surface area contributed by atoms with Gasteiger partial charge in [-0.15, -0.1) is 0 Å². The largest absolute Gasteiger partial charge is 0.368 e. The van der Waals surface area contributed by atoms with E-state index in [0.29, 0.717) is 31.0 Å². The van der Waals surface area contributed by atoms with Crippen LogP contribution in [-0.4, -0.2) is 75.9 Å². The van der Waals surface area contributed by atoms with Gasteiger partial charge in [0.2, 0.25) is 11.8 Å². The summed E-state index contributed by atoms with van der Waals surface area (Å²) in [4.78, 5) is 39.6. The van der Waals surface area contributed by atoms with E-state index in [1.807, 2.05) is 18.3 Å². The highest BCUT2D eigenvalue weighted by atomic mass is 16.2. The number of H-pyrrole nitrogens is 1. The molecular weight excluding hydrogens is 418 g/mol. The van der Waals surface area contributed by atoms with Gasteiger partial charge in [-0.2, -0.15) is 5.26 Å². The second kappa shape index (κ2) is 8.03. The second-order valence-electron chi connectivity index (χ2n) is 9.87. The average Bonchev–Trinajstić information content (AvgIpc) is 3.29. The maximum atomic E-state index is 13.0. The number of carbonyl (C=O) groups is 2. The minimum atomic E-state index is -0.264. The van der Waals surface area contributed by atoms with Gasteiger partial charge in [-0.3, -0.25) is 14.5 Å². The molecular formula is C24H29N7O2. The van der Waals surface area contributed by atoms with Crippen LogP contribution >= 0.6 is 0 Å². The van der Waals surface area contributed by atoms with Crippen molar-refractivity contribution in [3.8, 4) is 6.07 Å². The topological polar surface area (TPSA) is 108 Å². The van der Waals surface area contributed by atoms with Crippen molar-refractivity contribution in [2.45, 2.75) is 56.7 Å². The zero-order valence-electron chi connectivity index (χ0n) is 18.7. The number of piperazine rings is 1. The number of anilines is 2. The molecule has 0 aromatic carbocycles. The number of nitrogens with zero attached hydrogens (tertiary/aromatic N) is 5. The molecule has 9 nitrogen and oxygen atoms in total. The predicted octanol–water partition coefficient (Wildman–Crippen LogP) is 2.08. The third kappa shape index (κ3) is 3.72. The van der Waals surface area contributed by atoms with Crippen molar-refractivity contribution in [2.75, 3.05) is 36.4 Å². The van der Waals surface area contributed by atoms with Crippen molar-refractivity contribution in [3.05, 3.63) is 18.3 Å². The van der Waals surface area contributed by atoms with E-state index in [4.69, 9.17) is 0 Å². The first-order valence-corrected chi connectivity index (χ1v) is 12.1. The van der Waals surface area contributed by atoms with Gasteiger partial charge in [-0.05, 0) is 44.6 Å². The third-order valence-electron chi connectivity index (χ3n) is 7.72. The summed E-state index contributed by atoms with van der Waals surface area (Å²) in [7, 11) is 0. The summed E-state index contributed by atoms with van der Waals surface area (Å²) < 4.78 is 0. The molecule has 1 aliphatic carbocycles. The van der Waals surface area contributed by atoms with Crippen LogP contribution in [0.2, 0.25) is 0 Å². The fourth-order valence-corrected chi connectivity index (χ4v) is 5.81. The molecule has 3 aliphatic heterocycles. The maximum Gasteiger partial charge on any atom is 0.237 e. The van der Waals surface area contributed by atoms with Crippen LogP contribution in [-0.2, 0) is 9.59 Å². The number of hydrogen-bond acceptors (Lipinski definition) is 6. The summed E-state index contributed by atoms with van der Waals surface area (Å²) in [5.74, 6) is 0.868. The molecule has 172 valence electrons. The van der Waals surface area contributed by atoms with Crippen LogP contribution in [0.1, 0.15) is 38.5 Å². The summed E-state index contributed by atoms with van der Waals surface area (Å²) in [5, 5.41) is 13.4. The lowest BCUT2D eigenvalue weighted by Gasteiger charge is -2.42. The Kier molecular flexibility index (Phi) is 4.98. The lowest BCUT2D eigenvalue weighted by atomic mass is 10.1. The molecule has 4 fully saturated rings. The zero-order valence-corrected chi connectivity index (χ0v) is 18.7. The van der Waals surface area contributed by atoms with Crippen LogP contribution in [0.15, 0.2) is 18.3 Å². The molecule has 2 bridgehead atoms. The van der Waals surface area contributed by atoms with Crippen LogP contribution in [0.5, 0.6) is 0 Å². The number of likely N-dealkylation sites (tertiary alicyclic amines) is 1. The third-order valence-corrected chi connectivity index (χ3v) is 7.72. The SMILES string of the molecule is N#CC1CCCN1C(=O)CN1C2CCC1CN(c1cc(NC(=O)C3CC3)nc3[nH]ccc13)C2. The number of nitrogens with one attached hydrogen (secondary N) is 2. The molecule has 2 aromatic heterocycles. The Morgan fingerprint density at radius 3 is 2.70 bits per heavy atom. The molecule has 3 saturated heterocycles. The van der Waals surface area contributed by atoms with E-state index >= 15 is 0 Å². The summed E-state index contributed by atoms with van der Waals surface area (Å²) in [6.45, 7) is 2.78. The van der Waals surface area contributed by atoms with Gasteiger partial charge in [0.1, 0.15) is 17.5 Å². The van der Waals surface area contributed by atoms with Crippen molar-refractivity contribution < 1.29 is 9.59 Å². The van der Waals surface area contributed by atoms with Gasteiger partial charge in [-0.1, -0.05) is 0 Å². The minimum Gasteiger partial charge on any atom is -0.368 e. The summed E-state index contributed by atoms with van der Waals surface area (Å²) in [5.41, 5.74) is 1.86. The molecule has 0 radical (unpaired) electrons. The van der Waals surface area contributed by atoms with Crippen LogP contribution < -0.4 is 10.2 Å². The van der Waals surface area contributed by atoms with Crippen molar-refractivity contribution >= 4 is 34.4 Å². The van der Waals surface area contributed by atoms with Crippen LogP contribution in [0.25, 0.3) is 11.0 Å². The number of rotatable bonds is 5. The van der Waals surface area contributed by atoms with Gasteiger partial charge in [0, 0.05) is 55.3 Å². The van der Waals surface area contributed by atoms with E-state index in [1.165, 1.54) is 0 Å². The smallest absolute Gasteiger partial charge is 0.237 e. The Morgan fingerprint density at radius 1 is 1.18 bits per heavy atom. The highest BCUT2D eigenvalue weighted by molar-refractivity contribution is 5.97. The molecule has 33 heavy (non-hydrogen) atoms. The molecule has 2 N–H and O–H groups in total. The number of amides is 2. The predicted molar refractivity (Wildman–Crippen MR) is 124 cm³/mol. The lowest BCUT2D eigenvalue weighted by Crippen LogP contribution is -2.56. The molecule has 5 heterocycles. The first kappa shape index (κ1) is 20.5. The Morgan fingerprint density at radius 2 is 1.97 bits per heavy atom. The number of hydrogen-bond donors (Lipinski definition) is 2. The number of carbonyl (C=O) groups excluding carboxylic acids is 2. The molecule has 3 unspecified atom stereocenters. The van der Waals surface area contributed by atoms with Crippen LogP contribution in [0, 0.1) is 17.2 Å². The highest BCUT2D eigenvalue weighted by Crippen LogP contribution is 2.37. The maximum absolute atomic E-state index is 13.0. The highest BCUT2D eigenvalue weighted by Gasteiger charge is 2.42. The number of aromatic amines is 1. The van der Waals surface area contributed by atoms with E-state index in [0.717, 1.165) is 68.3 Å². The van der Waals surface area contributed by atoms with E-state index in [2.05, 4.69) is 31.2 Å². The van der Waals surface area contributed by atoms with E-state index in [9.17, 15) is 14.9 Å². The van der Waals surface area contributed by atoms with Gasteiger partial charge < -0.3 is 20.1 Å². The second-order valence-corrected chi connectivity index (χ2v) is 9.87. The number of aromatic nitrogens is 2. The van der Waals surface area contributed by atoms with Gasteiger partial charge in [0.15, 0.2) is 0 Å². The summed E-state index contributed by atoms with van der Waals surface area (Å²) in [6.07, 6.45) is 7.65. The van der Waals surface area contributed by atoms with Gasteiger partial charge in [0.05, 0.1) is 18.3 Å². The van der Waals surface area contributed by atoms with Crippen LogP contribution in [0.4, 0.5) is 11.5 Å². The Bertz CT molecular complexity index is 1120. The Hall–Kier alpha value is -3.12. The van der Waals surface area contributed by atoms with Crippen molar-refractivity contribution in [2.24, 2.45) is 5.92 Å². The van der Waals surface area contributed by atoms with E-state index in [-0.39, 0.29) is 23.8 Å². The van der Waals surface area contributed by atoms with Crippen molar-refractivity contribution in [1.82, 2.24) is 19.8 Å². The molecule has 2 aromatic rings. The standard InChI is InChI=1S/C24H29N7O2/c25-11-16-2-1-9-30(16)22(32)14-31-17-5-6-18(31)13-29(12-17)20-10-21(28-24(33)15-3-4-15)27-23-19(20)7-8-26-23/h7-8,10,15-18H,1-6,9,12-14H2,(H2,26,27,28,33). The zero-order chi connectivity index (χ0) is 22.5. The van der Waals surface area contributed by atoms with E-state index in [1.54, 1.807) is 4.90 Å². The summed E-state index contributed by atoms with van der Waals surface area (Å²) >= 11 is 0. The molecule has 1 saturated carbocycles. The van der Waals surface area contributed by atoms with Gasteiger partial charge >= 0.3 is 0 Å². The Labute approximate surface area is 192 Å². The molecule has 3 atom stereocenters. The monoisotopic (exact) mass is 447 g/mol. The number of fused-ring (bicyclic) bond motifs is 3. The number of nitriles is 1. The molecule has 9 heteroatoms. The Balaban J connectivity index is 1.20. The minimum absolute atomic E-state index is 0.0559. The lowest BCUT2D eigenvalue weighted by molar-refractivity contribution is -0.133. The first-order valence-electron chi connectivity index (χ1n) is 12.1. The fourth-order valence-electron chi connectivity index (χ4n) is 5.81. The summed E-state index contributed by atoms with van der Waals surface area (Å²) in [6, 6.07) is 6.67. The van der Waals surface area contributed by atoms with Crippen LogP contribution in [0.3, 0.4) is 0 Å². The van der Waals surface area contributed by atoms with Crippen molar-refractivity contribution in [1.29, 1.82) is 5.26 Å². The first-order chi connectivity index (χ1) is 16.1. The van der Waals surface area contributed by atoms with Gasteiger partial charge in [-0.25, -0.2) is 4.98 Å². The van der Waals surface area contributed by atoms with Gasteiger partial charge in [0.25, 0.3) is 0 Å². The quantitative estimate of drug-likeness (QED) is 0.727. The van der Waals surface area contributed by atoms with E-state index < -0.39 is 0 Å². The molecule has 2 amide bonds. The average molecular weight is 448 g/mol. The number of pyridine rings is 1. The molecule has 4 aliphatic rings. The molecule has 6 rings (SSSR count). The molecule has 0 spiro atoms. The van der Waals surface area contributed by atoms with Crippen molar-refractivity contribution in [3.63, 3.8) is 0 Å².